The van der Waals surface area contributed by atoms with Crippen molar-refractivity contribution in [2.24, 2.45) is 0 Å². The van der Waals surface area contributed by atoms with Crippen molar-refractivity contribution in [2.75, 3.05) is 7.11 Å². The van der Waals surface area contributed by atoms with Crippen molar-refractivity contribution in [1.82, 2.24) is 4.98 Å². The van der Waals surface area contributed by atoms with Gasteiger partial charge in [-0.3, -0.25) is 0 Å². The molecule has 0 atom stereocenters. The highest BCUT2D eigenvalue weighted by Crippen LogP contribution is 2.40. The van der Waals surface area contributed by atoms with Crippen LogP contribution in [0.1, 0.15) is 40.2 Å². The zero-order valence-corrected chi connectivity index (χ0v) is 14.4. The van der Waals surface area contributed by atoms with E-state index in [9.17, 15) is 4.79 Å². The molecular formula is C21H21NO3. The van der Waals surface area contributed by atoms with E-state index >= 15 is 0 Å². The number of fused-ring (bicyclic) bond motifs is 1. The molecule has 4 nitrogen and oxygen atoms in total. The summed E-state index contributed by atoms with van der Waals surface area (Å²) < 4.78 is 10.9. The van der Waals surface area contributed by atoms with Crippen molar-refractivity contribution in [2.45, 2.75) is 31.8 Å². The largest absolute Gasteiger partial charge is 0.490 e. The number of benzene rings is 2. The van der Waals surface area contributed by atoms with Crippen molar-refractivity contribution < 1.29 is 14.3 Å². The quantitative estimate of drug-likeness (QED) is 0.710. The van der Waals surface area contributed by atoms with E-state index in [1.54, 1.807) is 6.20 Å². The smallest absolute Gasteiger partial charge is 0.340 e. The minimum Gasteiger partial charge on any atom is -0.490 e. The molecule has 1 aliphatic rings. The number of esters is 1. The molecule has 1 aliphatic carbocycles. The van der Waals surface area contributed by atoms with Crippen LogP contribution in [0.5, 0.6) is 5.75 Å². The average molecular weight is 335 g/mol. The van der Waals surface area contributed by atoms with Crippen LogP contribution in [-0.4, -0.2) is 24.2 Å². The maximum Gasteiger partial charge on any atom is 0.340 e. The first-order valence-corrected chi connectivity index (χ1v) is 8.56. The van der Waals surface area contributed by atoms with Crippen molar-refractivity contribution in [3.63, 3.8) is 0 Å². The van der Waals surface area contributed by atoms with Crippen LogP contribution in [0.2, 0.25) is 0 Å². The van der Waals surface area contributed by atoms with Crippen LogP contribution >= 0.6 is 0 Å². The monoisotopic (exact) mass is 335 g/mol. The highest BCUT2D eigenvalue weighted by molar-refractivity contribution is 6.04. The van der Waals surface area contributed by atoms with Gasteiger partial charge in [-0.15, -0.1) is 0 Å². The summed E-state index contributed by atoms with van der Waals surface area (Å²) in [5.41, 5.74) is 4.03. The molecule has 0 bridgehead atoms. The summed E-state index contributed by atoms with van der Waals surface area (Å²) in [7, 11) is 1.41. The molecule has 1 heterocycles. The summed E-state index contributed by atoms with van der Waals surface area (Å²) in [4.78, 5) is 15.0. The first kappa shape index (κ1) is 15.8. The molecule has 0 unspecified atom stereocenters. The Kier molecular flexibility index (Phi) is 3.96. The van der Waals surface area contributed by atoms with Gasteiger partial charge in [0.05, 0.1) is 18.8 Å². The molecule has 1 N–H and O–H groups in total. The van der Waals surface area contributed by atoms with Gasteiger partial charge in [-0.2, -0.15) is 0 Å². The Morgan fingerprint density at radius 2 is 1.88 bits per heavy atom. The molecular weight excluding hydrogens is 314 g/mol. The molecule has 128 valence electrons. The van der Waals surface area contributed by atoms with E-state index in [0.29, 0.717) is 11.5 Å². The second-order valence-electron chi connectivity index (χ2n) is 6.72. The molecule has 0 radical (unpaired) electrons. The van der Waals surface area contributed by atoms with Crippen LogP contribution in [0, 0.1) is 6.92 Å². The van der Waals surface area contributed by atoms with Crippen LogP contribution in [0.3, 0.4) is 0 Å². The third-order valence-electron chi connectivity index (χ3n) is 5.00. The number of carbonyl (C=O) groups excluding carboxylic acids is 1. The lowest BCUT2D eigenvalue weighted by molar-refractivity contribution is 0.0603. The zero-order chi connectivity index (χ0) is 17.4. The summed E-state index contributed by atoms with van der Waals surface area (Å²) >= 11 is 0. The Bertz CT molecular complexity index is 905. The van der Waals surface area contributed by atoms with Gasteiger partial charge >= 0.3 is 5.97 Å². The molecule has 4 heteroatoms. The number of hydrogen-bond donors (Lipinski definition) is 1. The lowest BCUT2D eigenvalue weighted by Crippen LogP contribution is -2.32. The third-order valence-corrected chi connectivity index (χ3v) is 5.00. The molecule has 0 saturated heterocycles. The number of aromatic nitrogens is 1. The standard InChI is InChI=1S/C21H21NO3/c1-13-3-6-16(7-4-13)25-17-9-15(10-17)14-5-8-20-18(11-14)19(12-22-20)21(23)24-2/h3-8,11-12,15,17,22H,9-10H2,1-2H3. The lowest BCUT2D eigenvalue weighted by atomic mass is 9.77. The van der Waals surface area contributed by atoms with E-state index in [0.717, 1.165) is 29.5 Å². The Morgan fingerprint density at radius 1 is 1.12 bits per heavy atom. The van der Waals surface area contributed by atoms with Gasteiger partial charge in [-0.25, -0.2) is 4.79 Å². The second-order valence-corrected chi connectivity index (χ2v) is 6.72. The maximum absolute atomic E-state index is 11.9. The number of H-pyrrole nitrogens is 1. The maximum atomic E-state index is 11.9. The third kappa shape index (κ3) is 3.00. The van der Waals surface area contributed by atoms with E-state index in [4.69, 9.17) is 9.47 Å². The van der Waals surface area contributed by atoms with E-state index < -0.39 is 0 Å². The van der Waals surface area contributed by atoms with Crippen LogP contribution in [0.25, 0.3) is 10.9 Å². The Morgan fingerprint density at radius 3 is 2.60 bits per heavy atom. The van der Waals surface area contributed by atoms with Gasteiger partial charge < -0.3 is 14.5 Å². The zero-order valence-electron chi connectivity index (χ0n) is 14.4. The Balaban J connectivity index is 1.46. The van der Waals surface area contributed by atoms with Crippen molar-refractivity contribution in [3.05, 3.63) is 65.4 Å². The first-order valence-electron chi connectivity index (χ1n) is 8.56. The molecule has 1 aromatic heterocycles. The topological polar surface area (TPSA) is 51.3 Å². The molecule has 0 amide bonds. The normalized spacial score (nSPS) is 19.4. The van der Waals surface area contributed by atoms with Gasteiger partial charge in [-0.1, -0.05) is 23.8 Å². The van der Waals surface area contributed by atoms with Crippen LogP contribution in [-0.2, 0) is 4.74 Å². The van der Waals surface area contributed by atoms with E-state index in [1.807, 2.05) is 18.2 Å². The molecule has 4 rings (SSSR count). The van der Waals surface area contributed by atoms with Gasteiger partial charge in [0.15, 0.2) is 0 Å². The molecule has 1 saturated carbocycles. The lowest BCUT2D eigenvalue weighted by Gasteiger charge is -2.35. The minimum absolute atomic E-state index is 0.259. The van der Waals surface area contributed by atoms with Crippen molar-refractivity contribution >= 4 is 16.9 Å². The van der Waals surface area contributed by atoms with Crippen molar-refractivity contribution in [3.8, 4) is 5.75 Å². The second kappa shape index (κ2) is 6.28. The minimum atomic E-state index is -0.308. The Hall–Kier alpha value is -2.75. The summed E-state index contributed by atoms with van der Waals surface area (Å²) in [6.45, 7) is 2.07. The van der Waals surface area contributed by atoms with Gasteiger partial charge in [0.25, 0.3) is 0 Å². The SMILES string of the molecule is COC(=O)c1c[nH]c2ccc(C3CC(Oc4ccc(C)cc4)C3)cc12. The number of aryl methyl sites for hydroxylation is 1. The molecule has 1 fully saturated rings. The van der Waals surface area contributed by atoms with E-state index in [-0.39, 0.29) is 12.1 Å². The number of aromatic amines is 1. The van der Waals surface area contributed by atoms with Gasteiger partial charge in [0, 0.05) is 17.1 Å². The summed E-state index contributed by atoms with van der Waals surface area (Å²) in [6.07, 6.45) is 3.97. The number of methoxy groups -OCH3 is 1. The first-order chi connectivity index (χ1) is 12.1. The predicted octanol–water partition coefficient (Wildman–Crippen LogP) is 4.59. The highest BCUT2D eigenvalue weighted by Gasteiger charge is 2.32. The number of ether oxygens (including phenoxy) is 2. The molecule has 0 aliphatic heterocycles. The number of hydrogen-bond acceptors (Lipinski definition) is 3. The Labute approximate surface area is 146 Å². The van der Waals surface area contributed by atoms with E-state index in [1.165, 1.54) is 18.2 Å². The number of nitrogens with one attached hydrogen (secondary N) is 1. The number of carbonyl (C=O) groups is 1. The fourth-order valence-corrected chi connectivity index (χ4v) is 3.41. The van der Waals surface area contributed by atoms with Crippen LogP contribution < -0.4 is 4.74 Å². The molecule has 3 aromatic rings. The highest BCUT2D eigenvalue weighted by atomic mass is 16.5. The predicted molar refractivity (Wildman–Crippen MR) is 97.2 cm³/mol. The van der Waals surface area contributed by atoms with Gasteiger partial charge in [-0.05, 0) is 55.5 Å². The molecule has 25 heavy (non-hydrogen) atoms. The summed E-state index contributed by atoms with van der Waals surface area (Å²) in [5.74, 6) is 1.10. The van der Waals surface area contributed by atoms with E-state index in [2.05, 4.69) is 36.2 Å². The van der Waals surface area contributed by atoms with Gasteiger partial charge in [0.2, 0.25) is 0 Å². The average Bonchev–Trinajstić information content (AvgIpc) is 3.01. The fraction of sp³-hybridized carbons (Fsp3) is 0.286. The fourth-order valence-electron chi connectivity index (χ4n) is 3.41. The molecule has 2 aromatic carbocycles. The van der Waals surface area contributed by atoms with Gasteiger partial charge in [0.1, 0.15) is 5.75 Å². The summed E-state index contributed by atoms with van der Waals surface area (Å²) in [6, 6.07) is 14.5. The van der Waals surface area contributed by atoms with Crippen molar-refractivity contribution in [1.29, 1.82) is 0 Å². The molecule has 0 spiro atoms. The summed E-state index contributed by atoms with van der Waals surface area (Å²) in [5, 5.41) is 0.923. The van der Waals surface area contributed by atoms with Crippen LogP contribution in [0.4, 0.5) is 0 Å². The number of rotatable bonds is 4. The van der Waals surface area contributed by atoms with Crippen LogP contribution in [0.15, 0.2) is 48.7 Å².